The van der Waals surface area contributed by atoms with Crippen LogP contribution in [0.3, 0.4) is 0 Å². The molecule has 37 heavy (non-hydrogen) atoms. The van der Waals surface area contributed by atoms with Crippen LogP contribution < -0.4 is 10.2 Å². The molecule has 2 aliphatic heterocycles. The summed E-state index contributed by atoms with van der Waals surface area (Å²) in [7, 11) is 0. The highest BCUT2D eigenvalue weighted by molar-refractivity contribution is 5.37. The zero-order valence-electron chi connectivity index (χ0n) is 19.6. The van der Waals surface area contributed by atoms with E-state index in [2.05, 4.69) is 25.5 Å². The number of benzene rings is 1. The molecule has 3 aliphatic rings. The molecule has 198 valence electrons. The van der Waals surface area contributed by atoms with E-state index in [1.165, 1.54) is 0 Å². The van der Waals surface area contributed by atoms with Crippen molar-refractivity contribution >= 4 is 12.0 Å². The first-order valence-corrected chi connectivity index (χ1v) is 12.1. The van der Waals surface area contributed by atoms with Gasteiger partial charge in [0, 0.05) is 30.6 Å². The maximum Gasteiger partial charge on any atom is 0.410 e. The van der Waals surface area contributed by atoms with Gasteiger partial charge in [0.05, 0.1) is 0 Å². The van der Waals surface area contributed by atoms with Crippen LogP contribution in [0.15, 0.2) is 16.7 Å². The molecule has 5 atom stereocenters. The number of nitrogens with one attached hydrogen (secondary N) is 1. The zero-order chi connectivity index (χ0) is 26.1. The van der Waals surface area contributed by atoms with Gasteiger partial charge in [0.25, 0.3) is 0 Å². The second kappa shape index (κ2) is 8.62. The Morgan fingerprint density at radius 2 is 1.70 bits per heavy atom. The van der Waals surface area contributed by atoms with E-state index in [9.17, 15) is 26.3 Å². The Morgan fingerprint density at radius 3 is 2.35 bits per heavy atom. The number of rotatable bonds is 4. The van der Waals surface area contributed by atoms with Crippen molar-refractivity contribution in [1.82, 2.24) is 24.9 Å². The minimum atomic E-state index is -4.61. The Balaban J connectivity index is 1.30. The van der Waals surface area contributed by atoms with Gasteiger partial charge < -0.3 is 14.7 Å². The van der Waals surface area contributed by atoms with Gasteiger partial charge in [-0.05, 0) is 50.5 Å². The second-order valence-electron chi connectivity index (χ2n) is 9.99. The molecule has 0 amide bonds. The number of halogens is 6. The lowest BCUT2D eigenvalue weighted by Crippen LogP contribution is -2.48. The van der Waals surface area contributed by atoms with Crippen LogP contribution >= 0.6 is 0 Å². The van der Waals surface area contributed by atoms with Crippen molar-refractivity contribution < 1.29 is 30.9 Å². The lowest BCUT2D eigenvalue weighted by atomic mass is 9.88. The Kier molecular flexibility index (Phi) is 5.60. The fourth-order valence-electron chi connectivity index (χ4n) is 6.02. The molecule has 1 N–H and O–H groups in total. The average Bonchev–Trinajstić information content (AvgIpc) is 3.52. The summed E-state index contributed by atoms with van der Waals surface area (Å²) < 4.78 is 89.6. The van der Waals surface area contributed by atoms with Gasteiger partial charge in [-0.25, -0.2) is 17.9 Å². The van der Waals surface area contributed by atoms with E-state index in [0.717, 1.165) is 29.7 Å². The van der Waals surface area contributed by atoms with Gasteiger partial charge in [0.2, 0.25) is 5.95 Å². The number of anilines is 2. The minimum absolute atomic E-state index is 0.00289. The highest BCUT2D eigenvalue weighted by Crippen LogP contribution is 2.45. The molecular weight excluding hydrogens is 504 g/mol. The molecule has 4 heterocycles. The predicted molar refractivity (Wildman–Crippen MR) is 117 cm³/mol. The standard InChI is InChI=1S/C23H23F6N7O/c1-10-30-22(37-34-10)35-8-11-2-3-12(9-35)19(11)31-21-32-20-14(13-4-6-15(24)18(26)17(13)25)5-7-16(23(27,28)29)36(20)33-21/h4,6,11-12,14,16,19H,2-3,5,7-9H2,1H3,(H,31,33)/t11-,12+,14?,16?,19-. The summed E-state index contributed by atoms with van der Waals surface area (Å²) in [6, 6.07) is 0.211. The van der Waals surface area contributed by atoms with Gasteiger partial charge in [-0.1, -0.05) is 11.2 Å². The molecule has 1 saturated heterocycles. The Hall–Kier alpha value is -3.32. The summed E-state index contributed by atoms with van der Waals surface area (Å²) in [4.78, 5) is 10.6. The molecule has 1 aliphatic carbocycles. The van der Waals surface area contributed by atoms with Gasteiger partial charge in [0.15, 0.2) is 23.3 Å². The predicted octanol–water partition coefficient (Wildman–Crippen LogP) is 4.74. The quantitative estimate of drug-likeness (QED) is 0.388. The van der Waals surface area contributed by atoms with Crippen LogP contribution in [0, 0.1) is 36.2 Å². The molecule has 6 rings (SSSR count). The minimum Gasteiger partial charge on any atom is -0.350 e. The molecule has 2 unspecified atom stereocenters. The maximum absolute atomic E-state index is 14.6. The van der Waals surface area contributed by atoms with Crippen LogP contribution in [0.2, 0.25) is 0 Å². The van der Waals surface area contributed by atoms with Crippen molar-refractivity contribution in [2.75, 3.05) is 23.3 Å². The van der Waals surface area contributed by atoms with Gasteiger partial charge in [-0.3, -0.25) is 0 Å². The Labute approximate surface area is 207 Å². The van der Waals surface area contributed by atoms with Crippen molar-refractivity contribution in [3.05, 3.63) is 46.8 Å². The van der Waals surface area contributed by atoms with E-state index in [0.29, 0.717) is 24.9 Å². The number of aromatic nitrogens is 5. The van der Waals surface area contributed by atoms with Crippen LogP contribution in [0.4, 0.5) is 38.3 Å². The van der Waals surface area contributed by atoms with Crippen LogP contribution in [0.1, 0.15) is 54.9 Å². The molecule has 1 aromatic carbocycles. The smallest absolute Gasteiger partial charge is 0.350 e. The first kappa shape index (κ1) is 24.0. The van der Waals surface area contributed by atoms with E-state index in [1.807, 2.05) is 4.90 Å². The van der Waals surface area contributed by atoms with Crippen LogP contribution in [-0.2, 0) is 0 Å². The number of hydrogen-bond donors (Lipinski definition) is 1. The normalized spacial score (nSPS) is 27.4. The van der Waals surface area contributed by atoms with Gasteiger partial charge >= 0.3 is 12.2 Å². The first-order valence-electron chi connectivity index (χ1n) is 12.1. The van der Waals surface area contributed by atoms with E-state index in [1.54, 1.807) is 6.92 Å². The monoisotopic (exact) mass is 527 g/mol. The maximum atomic E-state index is 14.6. The van der Waals surface area contributed by atoms with Crippen LogP contribution in [-0.4, -0.2) is 50.2 Å². The summed E-state index contributed by atoms with van der Waals surface area (Å²) in [6.07, 6.45) is -3.35. The third-order valence-electron chi connectivity index (χ3n) is 7.73. The highest BCUT2D eigenvalue weighted by Gasteiger charge is 2.48. The van der Waals surface area contributed by atoms with Gasteiger partial charge in [-0.15, -0.1) is 5.10 Å². The fraction of sp³-hybridized carbons (Fsp3) is 0.565. The molecule has 8 nitrogen and oxygen atoms in total. The molecular formula is C23H23F6N7O. The summed E-state index contributed by atoms with van der Waals surface area (Å²) in [5, 5.41) is 11.2. The van der Waals surface area contributed by atoms with Crippen molar-refractivity contribution in [3.8, 4) is 0 Å². The SMILES string of the molecule is Cc1noc(N2C[C@H]3CC[C@@H](C2)[C@@H]3Nc2nc3n(n2)C(C(F)(F)F)CCC3c2ccc(F)c(F)c2F)n1. The number of hydrogen-bond acceptors (Lipinski definition) is 7. The summed E-state index contributed by atoms with van der Waals surface area (Å²) in [5.41, 5.74) is -0.247. The highest BCUT2D eigenvalue weighted by atomic mass is 19.4. The van der Waals surface area contributed by atoms with Crippen LogP contribution in [0.25, 0.3) is 0 Å². The van der Waals surface area contributed by atoms with Crippen LogP contribution in [0.5, 0.6) is 0 Å². The molecule has 1 saturated carbocycles. The summed E-state index contributed by atoms with van der Waals surface area (Å²) in [5.74, 6) is -4.78. The topological polar surface area (TPSA) is 84.9 Å². The second-order valence-corrected chi connectivity index (χ2v) is 9.99. The Bertz CT molecular complexity index is 1310. The molecule has 2 aromatic heterocycles. The number of piperidine rings is 1. The number of alkyl halides is 3. The molecule has 2 bridgehead atoms. The first-order chi connectivity index (χ1) is 17.6. The van der Waals surface area contributed by atoms with Crippen molar-refractivity contribution in [1.29, 1.82) is 0 Å². The zero-order valence-corrected chi connectivity index (χ0v) is 19.6. The largest absolute Gasteiger partial charge is 0.410 e. The van der Waals surface area contributed by atoms with Crippen molar-refractivity contribution in [3.63, 3.8) is 0 Å². The third-order valence-corrected chi connectivity index (χ3v) is 7.73. The third kappa shape index (κ3) is 4.09. The molecule has 0 radical (unpaired) electrons. The van der Waals surface area contributed by atoms with Crippen molar-refractivity contribution in [2.45, 2.75) is 56.8 Å². The Morgan fingerprint density at radius 1 is 0.973 bits per heavy atom. The molecule has 14 heteroatoms. The average molecular weight is 527 g/mol. The van der Waals surface area contributed by atoms with E-state index in [-0.39, 0.29) is 41.6 Å². The lowest BCUT2D eigenvalue weighted by molar-refractivity contribution is -0.175. The van der Waals surface area contributed by atoms with Gasteiger partial charge in [-0.2, -0.15) is 23.1 Å². The van der Waals surface area contributed by atoms with Gasteiger partial charge in [0.1, 0.15) is 11.9 Å². The molecule has 3 aromatic rings. The lowest BCUT2D eigenvalue weighted by Gasteiger charge is -2.37. The van der Waals surface area contributed by atoms with Crippen molar-refractivity contribution in [2.24, 2.45) is 11.8 Å². The van der Waals surface area contributed by atoms with E-state index >= 15 is 0 Å². The number of nitrogens with zero attached hydrogens (tertiary/aromatic N) is 6. The summed E-state index contributed by atoms with van der Waals surface area (Å²) >= 11 is 0. The molecule has 2 fully saturated rings. The molecule has 0 spiro atoms. The number of fused-ring (bicyclic) bond motifs is 3. The number of aryl methyl sites for hydroxylation is 1. The summed E-state index contributed by atoms with van der Waals surface area (Å²) in [6.45, 7) is 2.98. The van der Waals surface area contributed by atoms with E-state index < -0.39 is 42.0 Å². The van der Waals surface area contributed by atoms with E-state index in [4.69, 9.17) is 4.52 Å². The fourth-order valence-corrected chi connectivity index (χ4v) is 6.02.